The maximum Gasteiger partial charge on any atom is 0.160 e. The van der Waals surface area contributed by atoms with Gasteiger partial charge >= 0.3 is 0 Å². The fourth-order valence-electron chi connectivity index (χ4n) is 9.98. The predicted molar refractivity (Wildman–Crippen MR) is 283 cm³/mol. The normalized spacial score (nSPS) is 15.0. The summed E-state index contributed by atoms with van der Waals surface area (Å²) in [7, 11) is 0. The molecule has 0 saturated carbocycles. The molecule has 0 radical (unpaired) electrons. The van der Waals surface area contributed by atoms with Gasteiger partial charge in [-0.2, -0.15) is 0 Å². The molecule has 0 spiro atoms. The van der Waals surface area contributed by atoms with Crippen LogP contribution >= 0.6 is 11.3 Å². The third-order valence-electron chi connectivity index (χ3n) is 13.1. The number of hydrogen-bond acceptors (Lipinski definition) is 4. The molecule has 0 fully saturated rings. The highest BCUT2D eigenvalue weighted by Crippen LogP contribution is 2.42. The Hall–Kier alpha value is -7.92. The quantitative estimate of drug-likeness (QED) is 0.150. The summed E-state index contributed by atoms with van der Waals surface area (Å²) in [5.74, 6) is 0.697. The lowest BCUT2D eigenvalue weighted by Crippen LogP contribution is -2.27. The molecule has 2 aliphatic carbocycles. The Morgan fingerprint density at radius 1 is 0.515 bits per heavy atom. The molecule has 314 valence electrons. The third kappa shape index (κ3) is 7.26. The number of thiophene rings is 1. The van der Waals surface area contributed by atoms with Gasteiger partial charge in [0.05, 0.1) is 17.1 Å². The van der Waals surface area contributed by atoms with Crippen molar-refractivity contribution in [2.45, 2.75) is 25.7 Å². The Labute approximate surface area is 389 Å². The molecule has 0 saturated heterocycles. The molecule has 0 amide bonds. The largest absolute Gasteiger partial charge is 0.310 e. The molecule has 3 aliphatic rings. The summed E-state index contributed by atoms with van der Waals surface area (Å²) in [6, 6.07) is 67.5. The van der Waals surface area contributed by atoms with E-state index in [1.807, 2.05) is 23.5 Å². The fourth-order valence-corrected chi connectivity index (χ4v) is 11.2. The molecule has 3 nitrogen and oxygen atoms in total. The minimum atomic E-state index is 0.697. The van der Waals surface area contributed by atoms with Gasteiger partial charge in [-0.25, -0.2) is 9.98 Å². The third-order valence-corrected chi connectivity index (χ3v) is 14.3. The molecule has 1 aromatic heterocycles. The second-order valence-corrected chi connectivity index (χ2v) is 18.3. The molecule has 0 bridgehead atoms. The molecular weight excluding hydrogens is 819 g/mol. The van der Waals surface area contributed by atoms with E-state index >= 15 is 0 Å². The molecule has 12 rings (SSSR count). The standard InChI is InChI=1S/C62H45N3S/c1-41-37-56(44-19-4-2-5-20-44)63-62(45-21-6-3-7-22-45)64-61(41)54-29-13-12-28-52(54)53-30-16-32-58-60(53)55-36-34-48(40-59(55)66-58)47-25-14-26-49(39-47)65(50-35-33-42-17-8-9-23-46(42)38-50)57-31-15-24-43-18-10-11-27-51(43)57/h2-11,13-15,17-27,29,31-40H,1,12,16,28,30H2. The van der Waals surface area contributed by atoms with Gasteiger partial charge in [-0.3, -0.25) is 0 Å². The summed E-state index contributed by atoms with van der Waals surface area (Å²) in [5, 5.41) is 7.57. The Balaban J connectivity index is 0.975. The van der Waals surface area contributed by atoms with Crippen molar-refractivity contribution in [3.8, 4) is 11.1 Å². The van der Waals surface area contributed by atoms with E-state index in [4.69, 9.17) is 9.98 Å². The second-order valence-electron chi connectivity index (χ2n) is 17.2. The number of nitrogens with zero attached hydrogens (tertiary/aromatic N) is 3. The number of benzene rings is 8. The summed E-state index contributed by atoms with van der Waals surface area (Å²) in [6.07, 6.45) is 13.1. The van der Waals surface area contributed by atoms with Crippen molar-refractivity contribution in [1.82, 2.24) is 0 Å². The Morgan fingerprint density at radius 3 is 2.08 bits per heavy atom. The zero-order valence-electron chi connectivity index (χ0n) is 36.5. The van der Waals surface area contributed by atoms with Gasteiger partial charge in [0.1, 0.15) is 0 Å². The first-order chi connectivity index (χ1) is 32.6. The zero-order valence-corrected chi connectivity index (χ0v) is 37.3. The van der Waals surface area contributed by atoms with Gasteiger partial charge in [0.2, 0.25) is 0 Å². The van der Waals surface area contributed by atoms with Crippen molar-refractivity contribution in [2.24, 2.45) is 9.98 Å². The van der Waals surface area contributed by atoms with Gasteiger partial charge in [-0.15, -0.1) is 11.3 Å². The number of hydrogen-bond donors (Lipinski definition) is 0. The summed E-state index contributed by atoms with van der Waals surface area (Å²) in [5.41, 5.74) is 14.4. The van der Waals surface area contributed by atoms with Crippen molar-refractivity contribution in [3.05, 3.63) is 250 Å². The van der Waals surface area contributed by atoms with Gasteiger partial charge in [0.25, 0.3) is 0 Å². The molecule has 8 aromatic carbocycles. The van der Waals surface area contributed by atoms with Crippen molar-refractivity contribution in [3.63, 3.8) is 0 Å². The molecule has 0 atom stereocenters. The number of anilines is 3. The second kappa shape index (κ2) is 16.9. The lowest BCUT2D eigenvalue weighted by molar-refractivity contribution is 0.954. The van der Waals surface area contributed by atoms with Gasteiger partial charge in [-0.1, -0.05) is 176 Å². The predicted octanol–water partition coefficient (Wildman–Crippen LogP) is 15.2. The first-order valence-corrected chi connectivity index (χ1v) is 23.7. The highest BCUT2D eigenvalue weighted by atomic mass is 32.1. The van der Waals surface area contributed by atoms with Gasteiger partial charge < -0.3 is 4.90 Å². The van der Waals surface area contributed by atoms with Crippen LogP contribution in [0, 0.1) is 0 Å². The van der Waals surface area contributed by atoms with Crippen LogP contribution < -0.4 is 14.7 Å². The number of rotatable bonds is 8. The van der Waals surface area contributed by atoms with Crippen LogP contribution in [-0.2, 0) is 0 Å². The van der Waals surface area contributed by atoms with E-state index in [-0.39, 0.29) is 0 Å². The molecule has 0 unspecified atom stereocenters. The summed E-state index contributed by atoms with van der Waals surface area (Å²) in [6.45, 7) is 4.65. The van der Waals surface area contributed by atoms with Crippen LogP contribution in [0.2, 0.25) is 0 Å². The number of allylic oxidation sites excluding steroid dienone is 6. The molecule has 66 heavy (non-hydrogen) atoms. The topological polar surface area (TPSA) is 28.0 Å². The lowest BCUT2D eigenvalue weighted by atomic mass is 9.83. The van der Waals surface area contributed by atoms with Crippen LogP contribution in [-0.4, -0.2) is 11.5 Å². The Morgan fingerprint density at radius 2 is 1.21 bits per heavy atom. The van der Waals surface area contributed by atoms with E-state index in [1.165, 1.54) is 63.7 Å². The van der Waals surface area contributed by atoms with Gasteiger partial charge in [0.15, 0.2) is 5.84 Å². The van der Waals surface area contributed by atoms with Crippen LogP contribution in [0.5, 0.6) is 0 Å². The molecule has 1 aliphatic heterocycles. The molecule has 9 aromatic rings. The van der Waals surface area contributed by atoms with Crippen molar-refractivity contribution in [1.29, 1.82) is 0 Å². The maximum atomic E-state index is 5.39. The number of aliphatic imine (C=N–C) groups is 2. The highest BCUT2D eigenvalue weighted by Gasteiger charge is 2.25. The summed E-state index contributed by atoms with van der Waals surface area (Å²) < 4.78 is 2.66. The monoisotopic (exact) mass is 863 g/mol. The van der Waals surface area contributed by atoms with Crippen LogP contribution in [0.1, 0.15) is 36.8 Å². The minimum Gasteiger partial charge on any atom is -0.310 e. The van der Waals surface area contributed by atoms with E-state index in [1.54, 1.807) is 0 Å². The fraction of sp³-hybridized carbons (Fsp3) is 0.0645. The van der Waals surface area contributed by atoms with E-state index in [0.717, 1.165) is 76.4 Å². The first-order valence-electron chi connectivity index (χ1n) is 22.9. The average Bonchev–Trinajstić information content (AvgIpc) is 3.67. The highest BCUT2D eigenvalue weighted by molar-refractivity contribution is 7.17. The lowest BCUT2D eigenvalue weighted by Gasteiger charge is -2.27. The maximum absolute atomic E-state index is 5.39. The van der Waals surface area contributed by atoms with E-state index in [0.29, 0.717) is 5.84 Å². The summed E-state index contributed by atoms with van der Waals surface area (Å²) in [4.78, 5) is 13.0. The van der Waals surface area contributed by atoms with Crippen molar-refractivity contribution >= 4 is 88.9 Å². The SMILES string of the molecule is C=C1C=C(c2ccccc2)N=C(c2ccccc2)N=C1C1=C(C2=c3c(sc4cc(-c5cccc(N(c6ccc7ccccc7c6)c6cccc7ccccc67)c5)ccc34)=CCC2)CCC=C1. The minimum absolute atomic E-state index is 0.697. The molecule has 0 N–H and O–H groups in total. The van der Waals surface area contributed by atoms with Crippen LogP contribution in [0.3, 0.4) is 0 Å². The Bertz CT molecular complexity index is 3710. The molecule has 4 heteroatoms. The number of amidine groups is 1. The van der Waals surface area contributed by atoms with E-state index in [2.05, 4.69) is 212 Å². The van der Waals surface area contributed by atoms with Crippen molar-refractivity contribution in [2.75, 3.05) is 4.90 Å². The van der Waals surface area contributed by atoms with E-state index in [9.17, 15) is 0 Å². The molecular formula is C62H45N3S. The van der Waals surface area contributed by atoms with Crippen LogP contribution in [0.25, 0.3) is 60.1 Å². The van der Waals surface area contributed by atoms with Crippen LogP contribution in [0.15, 0.2) is 240 Å². The van der Waals surface area contributed by atoms with Crippen molar-refractivity contribution < 1.29 is 0 Å². The zero-order chi connectivity index (χ0) is 44.0. The van der Waals surface area contributed by atoms with Gasteiger partial charge in [-0.05, 0) is 112 Å². The number of fused-ring (bicyclic) bond motifs is 5. The molecule has 2 heterocycles. The summed E-state index contributed by atoms with van der Waals surface area (Å²) >= 11 is 1.92. The first kappa shape index (κ1) is 39.7. The van der Waals surface area contributed by atoms with Crippen LogP contribution in [0.4, 0.5) is 17.1 Å². The van der Waals surface area contributed by atoms with Gasteiger partial charge in [0, 0.05) is 53.3 Å². The smallest absolute Gasteiger partial charge is 0.160 e. The van der Waals surface area contributed by atoms with E-state index < -0.39 is 0 Å². The average molecular weight is 864 g/mol. The Kier molecular flexibility index (Phi) is 10.2.